The van der Waals surface area contributed by atoms with E-state index in [9.17, 15) is 13.6 Å². The summed E-state index contributed by atoms with van der Waals surface area (Å²) >= 11 is 18.2. The molecule has 0 fully saturated rings. The second-order valence-electron chi connectivity index (χ2n) is 6.02. The number of nitrogens with one attached hydrogen (secondary N) is 1. The van der Waals surface area contributed by atoms with Crippen molar-refractivity contribution in [2.24, 2.45) is 7.05 Å². The summed E-state index contributed by atoms with van der Waals surface area (Å²) in [6.45, 7) is 1.55. The van der Waals surface area contributed by atoms with Crippen LogP contribution in [0.5, 0.6) is 0 Å². The Bertz CT molecular complexity index is 1040. The average molecular weight is 445 g/mol. The van der Waals surface area contributed by atoms with Crippen LogP contribution in [0.3, 0.4) is 0 Å². The van der Waals surface area contributed by atoms with Crippen LogP contribution in [0.15, 0.2) is 36.4 Å². The third kappa shape index (κ3) is 3.85. The summed E-state index contributed by atoms with van der Waals surface area (Å²) in [5.41, 5.74) is 1.25. The largest absolute Gasteiger partial charge is 0.321 e. The number of anilines is 1. The summed E-state index contributed by atoms with van der Waals surface area (Å²) in [6, 6.07) is 10.1. The van der Waals surface area contributed by atoms with Crippen LogP contribution in [0.25, 0.3) is 11.1 Å². The van der Waals surface area contributed by atoms with E-state index in [1.807, 2.05) is 0 Å². The Balaban J connectivity index is 2.03. The fraction of sp³-hybridized carbons (Fsp3) is 0.158. The van der Waals surface area contributed by atoms with Gasteiger partial charge in [0.25, 0.3) is 12.3 Å². The van der Waals surface area contributed by atoms with Crippen LogP contribution >= 0.6 is 34.8 Å². The molecule has 0 aliphatic heterocycles. The van der Waals surface area contributed by atoms with Gasteiger partial charge < -0.3 is 5.32 Å². The van der Waals surface area contributed by atoms with Crippen LogP contribution < -0.4 is 5.32 Å². The lowest BCUT2D eigenvalue weighted by atomic mass is 10.0. The highest BCUT2D eigenvalue weighted by Gasteiger charge is 2.26. The monoisotopic (exact) mass is 443 g/mol. The van der Waals surface area contributed by atoms with Crippen molar-refractivity contribution in [1.29, 1.82) is 0 Å². The number of benzene rings is 2. The number of amides is 1. The number of nitrogens with zero attached hydrogens (tertiary/aromatic N) is 2. The fourth-order valence-corrected chi connectivity index (χ4v) is 3.40. The molecule has 3 rings (SSSR count). The highest BCUT2D eigenvalue weighted by atomic mass is 35.5. The lowest BCUT2D eigenvalue weighted by molar-refractivity contribution is 0.101. The van der Waals surface area contributed by atoms with Crippen molar-refractivity contribution in [3.63, 3.8) is 0 Å². The Labute approximate surface area is 175 Å². The number of hydrogen-bond donors (Lipinski definition) is 1. The minimum Gasteiger partial charge on any atom is -0.321 e. The first-order chi connectivity index (χ1) is 13.2. The number of halogens is 5. The molecule has 0 atom stereocenters. The predicted octanol–water partition coefficient (Wildman–Crippen LogP) is 6.55. The molecular formula is C19H14Cl3F2N3O. The second-order valence-corrected chi connectivity index (χ2v) is 7.22. The summed E-state index contributed by atoms with van der Waals surface area (Å²) in [6.07, 6.45) is -2.87. The quantitative estimate of drug-likeness (QED) is 0.464. The van der Waals surface area contributed by atoms with Crippen molar-refractivity contribution in [1.82, 2.24) is 9.78 Å². The van der Waals surface area contributed by atoms with E-state index < -0.39 is 18.0 Å². The number of alkyl halides is 2. The summed E-state index contributed by atoms with van der Waals surface area (Å²) in [5.74, 6) is -0.681. The van der Waals surface area contributed by atoms with Crippen LogP contribution in [-0.4, -0.2) is 15.7 Å². The first kappa shape index (κ1) is 20.6. The highest BCUT2D eigenvalue weighted by Crippen LogP contribution is 2.37. The highest BCUT2D eigenvalue weighted by molar-refractivity contribution is 6.48. The van der Waals surface area contributed by atoms with Gasteiger partial charge >= 0.3 is 0 Å². The number of aromatic nitrogens is 2. The maximum Gasteiger partial charge on any atom is 0.282 e. The van der Waals surface area contributed by atoms with Gasteiger partial charge in [-0.05, 0) is 30.7 Å². The molecule has 0 unspecified atom stereocenters. The topological polar surface area (TPSA) is 46.9 Å². The molecule has 0 aliphatic rings. The van der Waals surface area contributed by atoms with Gasteiger partial charge in [-0.25, -0.2) is 8.78 Å². The predicted molar refractivity (Wildman–Crippen MR) is 108 cm³/mol. The molecule has 3 aromatic rings. The lowest BCUT2D eigenvalue weighted by Crippen LogP contribution is -2.15. The maximum absolute atomic E-state index is 13.3. The molecule has 1 heterocycles. The molecule has 28 heavy (non-hydrogen) atoms. The zero-order valence-corrected chi connectivity index (χ0v) is 17.0. The van der Waals surface area contributed by atoms with Crippen molar-refractivity contribution in [3.8, 4) is 11.1 Å². The molecular weight excluding hydrogens is 431 g/mol. The van der Waals surface area contributed by atoms with Crippen LogP contribution in [0.1, 0.15) is 28.2 Å². The van der Waals surface area contributed by atoms with E-state index in [1.54, 1.807) is 43.3 Å². The Morgan fingerprint density at radius 3 is 2.36 bits per heavy atom. The van der Waals surface area contributed by atoms with Crippen molar-refractivity contribution in [3.05, 3.63) is 68.4 Å². The molecule has 146 valence electrons. The first-order valence-electron chi connectivity index (χ1n) is 8.07. The zero-order valence-electron chi connectivity index (χ0n) is 14.7. The van der Waals surface area contributed by atoms with Crippen molar-refractivity contribution in [2.45, 2.75) is 13.3 Å². The molecule has 0 bridgehead atoms. The molecule has 1 N–H and O–H groups in total. The van der Waals surface area contributed by atoms with Crippen LogP contribution in [0.2, 0.25) is 15.1 Å². The van der Waals surface area contributed by atoms with E-state index >= 15 is 0 Å². The van der Waals surface area contributed by atoms with E-state index in [2.05, 4.69) is 10.4 Å². The van der Waals surface area contributed by atoms with Gasteiger partial charge in [0.2, 0.25) is 0 Å². The fourth-order valence-electron chi connectivity index (χ4n) is 2.81. The maximum atomic E-state index is 13.3. The molecule has 9 heteroatoms. The summed E-state index contributed by atoms with van der Waals surface area (Å²) in [7, 11) is 1.50. The van der Waals surface area contributed by atoms with Gasteiger partial charge in [-0.2, -0.15) is 5.10 Å². The number of hydrogen-bond acceptors (Lipinski definition) is 2. The third-order valence-corrected chi connectivity index (χ3v) is 5.46. The van der Waals surface area contributed by atoms with Gasteiger partial charge in [-0.1, -0.05) is 53.0 Å². The standard InChI is InChI=1S/C19H14Cl3F2N3O/c1-9-15(17(18(23)24)26-27(9)2)19(28)25-14-6-4-3-5-11(14)10-7-12(20)16(22)13(21)8-10/h3-8,18H,1-2H3,(H,25,28). The first-order valence-corrected chi connectivity index (χ1v) is 9.21. The van der Waals surface area contributed by atoms with Crippen molar-refractivity contribution >= 4 is 46.4 Å². The van der Waals surface area contributed by atoms with E-state index in [-0.39, 0.29) is 20.6 Å². The van der Waals surface area contributed by atoms with Crippen LogP contribution in [0, 0.1) is 6.92 Å². The second kappa shape index (κ2) is 8.07. The van der Waals surface area contributed by atoms with Gasteiger partial charge in [0.05, 0.1) is 20.6 Å². The summed E-state index contributed by atoms with van der Waals surface area (Å²) < 4.78 is 27.8. The molecule has 1 amide bonds. The van der Waals surface area contributed by atoms with Crippen molar-refractivity contribution in [2.75, 3.05) is 5.32 Å². The minimum atomic E-state index is -2.87. The summed E-state index contributed by atoms with van der Waals surface area (Å²) in [5, 5.41) is 7.16. The molecule has 2 aromatic carbocycles. The van der Waals surface area contributed by atoms with Gasteiger partial charge in [0, 0.05) is 24.0 Å². The minimum absolute atomic E-state index is 0.153. The Kier molecular flexibility index (Phi) is 5.93. The van der Waals surface area contributed by atoms with Gasteiger partial charge in [0.1, 0.15) is 5.69 Å². The molecule has 4 nitrogen and oxygen atoms in total. The zero-order chi connectivity index (χ0) is 20.6. The van der Waals surface area contributed by atoms with Gasteiger partial charge in [-0.15, -0.1) is 0 Å². The number of aryl methyl sites for hydroxylation is 1. The smallest absolute Gasteiger partial charge is 0.282 e. The molecule has 0 radical (unpaired) electrons. The number of carbonyl (C=O) groups is 1. The SMILES string of the molecule is Cc1c(C(=O)Nc2ccccc2-c2cc(Cl)c(Cl)c(Cl)c2)c(C(F)F)nn1C. The van der Waals surface area contributed by atoms with E-state index in [1.165, 1.54) is 11.7 Å². The molecule has 0 aliphatic carbocycles. The van der Waals surface area contributed by atoms with Crippen LogP contribution in [-0.2, 0) is 7.05 Å². The Hall–Kier alpha value is -2.15. The Morgan fingerprint density at radius 2 is 1.75 bits per heavy atom. The molecule has 0 saturated carbocycles. The number of rotatable bonds is 4. The normalized spacial score (nSPS) is 11.1. The molecule has 0 spiro atoms. The Morgan fingerprint density at radius 1 is 1.14 bits per heavy atom. The third-order valence-electron chi connectivity index (χ3n) is 4.26. The molecule has 0 saturated heterocycles. The summed E-state index contributed by atoms with van der Waals surface area (Å²) in [4.78, 5) is 12.8. The number of para-hydroxylation sites is 1. The molecule has 1 aromatic heterocycles. The number of carbonyl (C=O) groups excluding carboxylic acids is 1. The van der Waals surface area contributed by atoms with Gasteiger partial charge in [-0.3, -0.25) is 9.48 Å². The average Bonchev–Trinajstić information content (AvgIpc) is 2.95. The van der Waals surface area contributed by atoms with E-state index in [0.717, 1.165) is 0 Å². The van der Waals surface area contributed by atoms with Crippen LogP contribution in [0.4, 0.5) is 14.5 Å². The van der Waals surface area contributed by atoms with E-state index in [0.29, 0.717) is 22.5 Å². The van der Waals surface area contributed by atoms with Gasteiger partial charge in [0.15, 0.2) is 0 Å². The van der Waals surface area contributed by atoms with Crippen molar-refractivity contribution < 1.29 is 13.6 Å². The lowest BCUT2D eigenvalue weighted by Gasteiger charge is -2.13. The van der Waals surface area contributed by atoms with E-state index in [4.69, 9.17) is 34.8 Å².